The van der Waals surface area contributed by atoms with Gasteiger partial charge in [-0.05, 0) is 30.9 Å². The Kier molecular flexibility index (Phi) is 3.88. The number of benzene rings is 1. The second-order valence-corrected chi connectivity index (χ2v) is 6.08. The van der Waals surface area contributed by atoms with Crippen molar-refractivity contribution in [1.29, 1.82) is 0 Å². The van der Waals surface area contributed by atoms with Crippen LogP contribution in [-0.2, 0) is 5.88 Å². The molecule has 1 saturated carbocycles. The predicted octanol–water partition coefficient (Wildman–Crippen LogP) is 4.53. The number of halogens is 1. The van der Waals surface area contributed by atoms with Crippen LogP contribution in [-0.4, -0.2) is 16.7 Å². The molecule has 1 fully saturated rings. The van der Waals surface area contributed by atoms with Crippen LogP contribution < -0.4 is 4.74 Å². The molecular formula is C16H21ClN2O. The minimum Gasteiger partial charge on any atom is -0.497 e. The average Bonchev–Trinajstić information content (AvgIpc) is 2.84. The third-order valence-electron chi connectivity index (χ3n) is 4.36. The van der Waals surface area contributed by atoms with Crippen molar-refractivity contribution < 1.29 is 4.74 Å². The fourth-order valence-electron chi connectivity index (χ4n) is 3.39. The van der Waals surface area contributed by atoms with E-state index in [0.717, 1.165) is 23.0 Å². The number of imidazole rings is 1. The fourth-order valence-corrected chi connectivity index (χ4v) is 3.58. The van der Waals surface area contributed by atoms with Crippen molar-refractivity contribution in [2.24, 2.45) is 5.92 Å². The van der Waals surface area contributed by atoms with Gasteiger partial charge in [0.1, 0.15) is 11.6 Å². The second-order valence-electron chi connectivity index (χ2n) is 5.81. The number of nitrogens with zero attached hydrogens (tertiary/aromatic N) is 2. The molecule has 0 bridgehead atoms. The van der Waals surface area contributed by atoms with E-state index in [2.05, 4.69) is 17.6 Å². The van der Waals surface area contributed by atoms with Gasteiger partial charge in [-0.3, -0.25) is 0 Å². The summed E-state index contributed by atoms with van der Waals surface area (Å²) in [6, 6.07) is 6.64. The quantitative estimate of drug-likeness (QED) is 0.777. The van der Waals surface area contributed by atoms with Crippen molar-refractivity contribution in [3.05, 3.63) is 24.0 Å². The summed E-state index contributed by atoms with van der Waals surface area (Å²) in [4.78, 5) is 4.69. The van der Waals surface area contributed by atoms with Crippen molar-refractivity contribution in [1.82, 2.24) is 9.55 Å². The smallest absolute Gasteiger partial charge is 0.125 e. The molecule has 3 rings (SSSR count). The number of methoxy groups -OCH3 is 1. The minimum absolute atomic E-state index is 0.460. The average molecular weight is 293 g/mol. The maximum absolute atomic E-state index is 6.12. The highest BCUT2D eigenvalue weighted by Gasteiger charge is 2.24. The van der Waals surface area contributed by atoms with E-state index >= 15 is 0 Å². The first-order chi connectivity index (χ1) is 9.72. The lowest BCUT2D eigenvalue weighted by molar-refractivity contribution is 0.283. The van der Waals surface area contributed by atoms with E-state index in [1.165, 1.54) is 31.2 Å². The van der Waals surface area contributed by atoms with Gasteiger partial charge in [0.25, 0.3) is 0 Å². The van der Waals surface area contributed by atoms with Gasteiger partial charge in [0.2, 0.25) is 0 Å². The van der Waals surface area contributed by atoms with E-state index in [9.17, 15) is 0 Å². The van der Waals surface area contributed by atoms with E-state index in [1.807, 2.05) is 12.1 Å². The van der Waals surface area contributed by atoms with E-state index in [1.54, 1.807) is 7.11 Å². The molecule has 1 aliphatic carbocycles. The third kappa shape index (κ3) is 2.39. The van der Waals surface area contributed by atoms with Gasteiger partial charge < -0.3 is 9.30 Å². The van der Waals surface area contributed by atoms with Gasteiger partial charge in [0.05, 0.1) is 24.0 Å². The zero-order chi connectivity index (χ0) is 14.1. The lowest BCUT2D eigenvalue weighted by atomic mass is 9.87. The Hall–Kier alpha value is -1.22. The molecule has 20 heavy (non-hydrogen) atoms. The molecule has 0 aliphatic heterocycles. The Morgan fingerprint density at radius 1 is 1.40 bits per heavy atom. The highest BCUT2D eigenvalue weighted by atomic mass is 35.5. The highest BCUT2D eigenvalue weighted by molar-refractivity contribution is 6.16. The summed E-state index contributed by atoms with van der Waals surface area (Å²) in [5.41, 5.74) is 2.17. The molecule has 1 aromatic carbocycles. The molecule has 4 heteroatoms. The van der Waals surface area contributed by atoms with Crippen molar-refractivity contribution >= 4 is 22.6 Å². The van der Waals surface area contributed by atoms with Gasteiger partial charge in [-0.15, -0.1) is 11.6 Å². The Morgan fingerprint density at radius 3 is 2.95 bits per heavy atom. The van der Waals surface area contributed by atoms with Gasteiger partial charge in [0, 0.05) is 12.1 Å². The van der Waals surface area contributed by atoms with Crippen molar-refractivity contribution in [3.8, 4) is 5.75 Å². The second kappa shape index (κ2) is 5.65. The number of alkyl halides is 1. The van der Waals surface area contributed by atoms with Crippen LogP contribution in [0.5, 0.6) is 5.75 Å². The van der Waals surface area contributed by atoms with Gasteiger partial charge in [-0.25, -0.2) is 4.98 Å². The van der Waals surface area contributed by atoms with Crippen LogP contribution in [0.15, 0.2) is 18.2 Å². The minimum atomic E-state index is 0.460. The largest absolute Gasteiger partial charge is 0.497 e. The Bertz CT molecular complexity index is 608. The molecule has 0 saturated heterocycles. The first-order valence-corrected chi connectivity index (χ1v) is 7.87. The van der Waals surface area contributed by atoms with Gasteiger partial charge >= 0.3 is 0 Å². The van der Waals surface area contributed by atoms with Gasteiger partial charge in [-0.1, -0.05) is 19.8 Å². The maximum Gasteiger partial charge on any atom is 0.125 e. The lowest BCUT2D eigenvalue weighted by Gasteiger charge is -2.29. The highest BCUT2D eigenvalue weighted by Crippen LogP contribution is 2.36. The van der Waals surface area contributed by atoms with E-state index in [0.29, 0.717) is 11.9 Å². The zero-order valence-corrected chi connectivity index (χ0v) is 12.9. The molecule has 0 spiro atoms. The molecular weight excluding hydrogens is 272 g/mol. The number of hydrogen-bond donors (Lipinski definition) is 0. The molecule has 0 N–H and O–H groups in total. The fraction of sp³-hybridized carbons (Fsp3) is 0.562. The molecule has 2 atom stereocenters. The van der Waals surface area contributed by atoms with Crippen LogP contribution in [0.4, 0.5) is 0 Å². The molecule has 1 aliphatic rings. The summed E-state index contributed by atoms with van der Waals surface area (Å²) >= 11 is 6.12. The van der Waals surface area contributed by atoms with Crippen LogP contribution in [0.3, 0.4) is 0 Å². The number of hydrogen-bond acceptors (Lipinski definition) is 2. The molecule has 0 radical (unpaired) electrons. The summed E-state index contributed by atoms with van der Waals surface area (Å²) in [6.07, 6.45) is 5.09. The standard InChI is InChI=1S/C16H21ClN2O/c1-11-4-3-5-12(8-11)19-15-7-6-13(20-2)9-14(15)18-16(19)10-17/h6-7,9,11-12H,3-5,8,10H2,1-2H3. The molecule has 3 nitrogen and oxygen atoms in total. The third-order valence-corrected chi connectivity index (χ3v) is 4.60. The molecule has 0 amide bonds. The molecule has 1 heterocycles. The van der Waals surface area contributed by atoms with Crippen LogP contribution in [0.2, 0.25) is 0 Å². The summed E-state index contributed by atoms with van der Waals surface area (Å²) in [5.74, 6) is 3.07. The first kappa shape index (κ1) is 13.7. The number of rotatable bonds is 3. The van der Waals surface area contributed by atoms with Crippen LogP contribution >= 0.6 is 11.6 Å². The summed E-state index contributed by atoms with van der Waals surface area (Å²) < 4.78 is 7.64. The van der Waals surface area contributed by atoms with E-state index in [-0.39, 0.29) is 0 Å². The SMILES string of the molecule is COc1ccc2c(c1)nc(CCl)n2C1CCCC(C)C1. The molecule has 108 valence electrons. The molecule has 1 aromatic heterocycles. The van der Waals surface area contributed by atoms with E-state index in [4.69, 9.17) is 21.3 Å². The van der Waals surface area contributed by atoms with Crippen molar-refractivity contribution in [3.63, 3.8) is 0 Å². The Morgan fingerprint density at radius 2 is 2.25 bits per heavy atom. The Labute approximate surface area is 124 Å². The maximum atomic E-state index is 6.12. The summed E-state index contributed by atoms with van der Waals surface area (Å²) in [6.45, 7) is 2.34. The topological polar surface area (TPSA) is 27.1 Å². The van der Waals surface area contributed by atoms with Gasteiger partial charge in [-0.2, -0.15) is 0 Å². The summed E-state index contributed by atoms with van der Waals surface area (Å²) in [5, 5.41) is 0. The normalized spacial score (nSPS) is 23.1. The number of aromatic nitrogens is 2. The summed E-state index contributed by atoms with van der Waals surface area (Å²) in [7, 11) is 1.68. The van der Waals surface area contributed by atoms with Crippen LogP contribution in [0, 0.1) is 5.92 Å². The number of fused-ring (bicyclic) bond motifs is 1. The molecule has 2 aromatic rings. The predicted molar refractivity (Wildman–Crippen MR) is 82.5 cm³/mol. The zero-order valence-electron chi connectivity index (χ0n) is 12.1. The van der Waals surface area contributed by atoms with Crippen LogP contribution in [0.1, 0.15) is 44.5 Å². The Balaban J connectivity index is 2.07. The molecule has 2 unspecified atom stereocenters. The van der Waals surface area contributed by atoms with Crippen molar-refractivity contribution in [2.45, 2.75) is 44.5 Å². The number of ether oxygens (including phenoxy) is 1. The van der Waals surface area contributed by atoms with Crippen molar-refractivity contribution in [2.75, 3.05) is 7.11 Å². The first-order valence-electron chi connectivity index (χ1n) is 7.33. The lowest BCUT2D eigenvalue weighted by Crippen LogP contribution is -2.19. The van der Waals surface area contributed by atoms with Crippen LogP contribution in [0.25, 0.3) is 11.0 Å². The monoisotopic (exact) mass is 292 g/mol. The van der Waals surface area contributed by atoms with Gasteiger partial charge in [0.15, 0.2) is 0 Å². The van der Waals surface area contributed by atoms with E-state index < -0.39 is 0 Å².